The molecular weight excluding hydrogens is 233 g/mol. The van der Waals surface area contributed by atoms with Gasteiger partial charge in [0.15, 0.2) is 0 Å². The summed E-state index contributed by atoms with van der Waals surface area (Å²) in [5.41, 5.74) is 0. The third-order valence-corrected chi connectivity index (χ3v) is 3.70. The molecule has 96 valence electrons. The quantitative estimate of drug-likeness (QED) is 0.702. The predicted molar refractivity (Wildman–Crippen MR) is 60.8 cm³/mol. The summed E-state index contributed by atoms with van der Waals surface area (Å²) in [6.45, 7) is 0.738. The summed E-state index contributed by atoms with van der Waals surface area (Å²) >= 11 is 0. The Balaban J connectivity index is 2.10. The summed E-state index contributed by atoms with van der Waals surface area (Å²) in [5.74, 6) is -0.225. The first-order valence-electron chi connectivity index (χ1n) is 5.77. The molecule has 0 heterocycles. The molecule has 6 heteroatoms. The van der Waals surface area contributed by atoms with Crippen LogP contribution in [0.5, 0.6) is 0 Å². The molecule has 0 aromatic carbocycles. The van der Waals surface area contributed by atoms with Crippen LogP contribution in [-0.4, -0.2) is 38.0 Å². The van der Waals surface area contributed by atoms with E-state index in [-0.39, 0.29) is 6.54 Å². The van der Waals surface area contributed by atoms with Crippen molar-refractivity contribution in [2.45, 2.75) is 38.3 Å². The summed E-state index contributed by atoms with van der Waals surface area (Å²) in [5, 5.41) is 2.93. The molecule has 0 aromatic rings. The first-order chi connectivity index (χ1) is 7.47. The van der Waals surface area contributed by atoms with Crippen molar-refractivity contribution in [2.75, 3.05) is 18.8 Å². The molecule has 1 aliphatic carbocycles. The standard InChI is InChI=1S/C10H20FNO3S/c11-10(8-16(13,14)15)7-12-6-9-4-2-1-3-5-9/h9-10,12H,1-8H2,(H,13,14,15)/t10-/m0/s1. The van der Waals surface area contributed by atoms with Gasteiger partial charge in [0.05, 0.1) is 0 Å². The van der Waals surface area contributed by atoms with Gasteiger partial charge in [0.25, 0.3) is 10.1 Å². The molecule has 1 atom stereocenters. The van der Waals surface area contributed by atoms with E-state index < -0.39 is 22.0 Å². The molecule has 0 aromatic heterocycles. The number of hydrogen-bond donors (Lipinski definition) is 2. The fourth-order valence-electron chi connectivity index (χ4n) is 2.12. The van der Waals surface area contributed by atoms with Crippen molar-refractivity contribution >= 4 is 10.1 Å². The molecule has 1 aliphatic rings. The minimum atomic E-state index is -4.19. The van der Waals surface area contributed by atoms with Gasteiger partial charge in [-0.1, -0.05) is 19.3 Å². The van der Waals surface area contributed by atoms with E-state index in [0.29, 0.717) is 5.92 Å². The molecule has 0 amide bonds. The largest absolute Gasteiger partial charge is 0.314 e. The summed E-state index contributed by atoms with van der Waals surface area (Å²) < 4.78 is 42.3. The number of alkyl halides is 1. The van der Waals surface area contributed by atoms with Crippen LogP contribution in [0, 0.1) is 5.92 Å². The lowest BCUT2D eigenvalue weighted by Gasteiger charge is -2.22. The molecule has 0 unspecified atom stereocenters. The van der Waals surface area contributed by atoms with Crippen LogP contribution in [0.3, 0.4) is 0 Å². The van der Waals surface area contributed by atoms with Crippen molar-refractivity contribution in [3.05, 3.63) is 0 Å². The average molecular weight is 253 g/mol. The highest BCUT2D eigenvalue weighted by molar-refractivity contribution is 7.85. The summed E-state index contributed by atoms with van der Waals surface area (Å²) in [6, 6.07) is 0. The maximum absolute atomic E-state index is 13.1. The number of halogens is 1. The molecular formula is C10H20FNO3S. The normalized spacial score (nSPS) is 20.9. The van der Waals surface area contributed by atoms with Gasteiger partial charge in [0.2, 0.25) is 0 Å². The van der Waals surface area contributed by atoms with Gasteiger partial charge in [-0.3, -0.25) is 4.55 Å². The number of hydrogen-bond acceptors (Lipinski definition) is 3. The van der Waals surface area contributed by atoms with Crippen LogP contribution < -0.4 is 5.32 Å². The molecule has 4 nitrogen and oxygen atoms in total. The lowest BCUT2D eigenvalue weighted by atomic mass is 9.89. The van der Waals surface area contributed by atoms with E-state index in [1.54, 1.807) is 0 Å². The molecule has 1 saturated carbocycles. The SMILES string of the molecule is O=S(=O)(O)C[C@@H](F)CNCC1CCCCC1. The van der Waals surface area contributed by atoms with E-state index >= 15 is 0 Å². The topological polar surface area (TPSA) is 66.4 Å². The zero-order valence-electron chi connectivity index (χ0n) is 9.36. The Hall–Kier alpha value is -0.200. The zero-order valence-corrected chi connectivity index (χ0v) is 10.2. The smallest absolute Gasteiger partial charge is 0.267 e. The zero-order chi connectivity index (χ0) is 12.0. The highest BCUT2D eigenvalue weighted by Crippen LogP contribution is 2.22. The fraction of sp³-hybridized carbons (Fsp3) is 1.00. The van der Waals surface area contributed by atoms with Gasteiger partial charge in [-0.2, -0.15) is 8.42 Å². The molecule has 0 spiro atoms. The average Bonchev–Trinajstić information content (AvgIpc) is 2.16. The van der Waals surface area contributed by atoms with Gasteiger partial charge < -0.3 is 5.32 Å². The Kier molecular flexibility index (Phi) is 5.64. The van der Waals surface area contributed by atoms with Gasteiger partial charge in [-0.15, -0.1) is 0 Å². The third-order valence-electron chi connectivity index (χ3n) is 2.92. The van der Waals surface area contributed by atoms with E-state index in [1.165, 1.54) is 32.1 Å². The van der Waals surface area contributed by atoms with E-state index in [2.05, 4.69) is 5.32 Å². The summed E-state index contributed by atoms with van der Waals surface area (Å²) in [7, 11) is -4.19. The maximum atomic E-state index is 13.1. The Morgan fingerprint density at radius 3 is 2.50 bits per heavy atom. The molecule has 1 rings (SSSR count). The van der Waals surface area contributed by atoms with Gasteiger partial charge in [-0.25, -0.2) is 4.39 Å². The third kappa shape index (κ3) is 6.40. The van der Waals surface area contributed by atoms with E-state index in [1.807, 2.05) is 0 Å². The van der Waals surface area contributed by atoms with Gasteiger partial charge >= 0.3 is 0 Å². The van der Waals surface area contributed by atoms with Crippen molar-refractivity contribution in [1.82, 2.24) is 5.32 Å². The number of rotatable bonds is 6. The van der Waals surface area contributed by atoms with Gasteiger partial charge in [-0.05, 0) is 25.3 Å². The summed E-state index contributed by atoms with van der Waals surface area (Å²) in [6.07, 6.45) is 4.56. The van der Waals surface area contributed by atoms with Gasteiger partial charge in [0.1, 0.15) is 11.9 Å². The van der Waals surface area contributed by atoms with Crippen LogP contribution >= 0.6 is 0 Å². The van der Waals surface area contributed by atoms with Crippen LogP contribution in [-0.2, 0) is 10.1 Å². The van der Waals surface area contributed by atoms with Crippen LogP contribution in [0.4, 0.5) is 4.39 Å². The Morgan fingerprint density at radius 2 is 1.94 bits per heavy atom. The van der Waals surface area contributed by atoms with Crippen molar-refractivity contribution < 1.29 is 17.4 Å². The highest BCUT2D eigenvalue weighted by Gasteiger charge is 2.17. The molecule has 0 aliphatic heterocycles. The predicted octanol–water partition coefficient (Wildman–Crippen LogP) is 1.38. The lowest BCUT2D eigenvalue weighted by molar-refractivity contribution is 0.303. The molecule has 0 bridgehead atoms. The van der Waals surface area contributed by atoms with Crippen molar-refractivity contribution in [2.24, 2.45) is 5.92 Å². The van der Waals surface area contributed by atoms with Crippen LogP contribution in [0.25, 0.3) is 0 Å². The van der Waals surface area contributed by atoms with Crippen molar-refractivity contribution in [3.63, 3.8) is 0 Å². The first kappa shape index (κ1) is 13.9. The van der Waals surface area contributed by atoms with Crippen LogP contribution in [0.15, 0.2) is 0 Å². The minimum Gasteiger partial charge on any atom is -0.314 e. The van der Waals surface area contributed by atoms with Crippen LogP contribution in [0.2, 0.25) is 0 Å². The van der Waals surface area contributed by atoms with E-state index in [4.69, 9.17) is 4.55 Å². The highest BCUT2D eigenvalue weighted by atomic mass is 32.2. The van der Waals surface area contributed by atoms with Crippen molar-refractivity contribution in [1.29, 1.82) is 0 Å². The fourth-order valence-corrected chi connectivity index (χ4v) is 2.70. The number of nitrogens with one attached hydrogen (secondary N) is 1. The Morgan fingerprint density at radius 1 is 1.31 bits per heavy atom. The monoisotopic (exact) mass is 253 g/mol. The lowest BCUT2D eigenvalue weighted by Crippen LogP contribution is -2.33. The second kappa shape index (κ2) is 6.51. The van der Waals surface area contributed by atoms with Crippen molar-refractivity contribution in [3.8, 4) is 0 Å². The van der Waals surface area contributed by atoms with E-state index in [0.717, 1.165) is 6.54 Å². The van der Waals surface area contributed by atoms with E-state index in [9.17, 15) is 12.8 Å². The molecule has 1 fully saturated rings. The van der Waals surface area contributed by atoms with Gasteiger partial charge in [0, 0.05) is 6.54 Å². The molecule has 0 radical (unpaired) electrons. The second-order valence-corrected chi connectivity index (χ2v) is 6.01. The Bertz CT molecular complexity index is 288. The molecule has 0 saturated heterocycles. The molecule has 2 N–H and O–H groups in total. The minimum absolute atomic E-state index is 0.00368. The second-order valence-electron chi connectivity index (χ2n) is 4.51. The molecule has 16 heavy (non-hydrogen) atoms. The maximum Gasteiger partial charge on any atom is 0.267 e. The Labute approximate surface area is 96.4 Å². The summed E-state index contributed by atoms with van der Waals surface area (Å²) in [4.78, 5) is 0. The van der Waals surface area contributed by atoms with Crippen LogP contribution in [0.1, 0.15) is 32.1 Å². The first-order valence-corrected chi connectivity index (χ1v) is 7.38.